The molecule has 2 aromatic carbocycles. The highest BCUT2D eigenvalue weighted by molar-refractivity contribution is 6.30. The smallest absolute Gasteiger partial charge is 0.304 e. The number of hydrogen-bond donors (Lipinski definition) is 1. The Morgan fingerprint density at radius 3 is 2.33 bits per heavy atom. The number of ketones is 1. The van der Waals surface area contributed by atoms with Gasteiger partial charge in [-0.05, 0) is 55.2 Å². The molecule has 0 saturated carbocycles. The van der Waals surface area contributed by atoms with Gasteiger partial charge < -0.3 is 10.0 Å². The fraction of sp³-hybridized carbons (Fsp3) is 0.423. The summed E-state index contributed by atoms with van der Waals surface area (Å²) in [7, 11) is 0. The topological polar surface area (TPSA) is 74.7 Å². The minimum absolute atomic E-state index is 0.0191. The van der Waals surface area contributed by atoms with Gasteiger partial charge in [0.25, 0.3) is 0 Å². The Hall–Kier alpha value is -2.37. The largest absolute Gasteiger partial charge is 0.481 e. The number of carbonyl (C=O) groups is 3. The molecule has 1 heterocycles. The molecule has 7 heteroatoms. The third-order valence-electron chi connectivity index (χ3n) is 6.52. The van der Waals surface area contributed by atoms with E-state index in [1.165, 1.54) is 6.92 Å². The summed E-state index contributed by atoms with van der Waals surface area (Å²) in [5, 5.41) is 10.8. The first-order valence-corrected chi connectivity index (χ1v) is 11.9. The zero-order valence-electron chi connectivity index (χ0n) is 19.1. The number of likely N-dealkylation sites (tertiary alicyclic amines) is 1. The lowest BCUT2D eigenvalue weighted by atomic mass is 9.67. The quantitative estimate of drug-likeness (QED) is 0.472. The van der Waals surface area contributed by atoms with Crippen LogP contribution in [0.15, 0.2) is 48.5 Å². The minimum atomic E-state index is -1.12. The first kappa shape index (κ1) is 25.3. The second kappa shape index (κ2) is 10.3. The van der Waals surface area contributed by atoms with Crippen LogP contribution in [0, 0.1) is 5.41 Å². The molecule has 0 aromatic heterocycles. The standard InChI is InChI=1S/C26H29Cl2NO4/c1-4-21(12-16(2)30)29-24(17-8-10-19(27)11-9-17)22(18-6-5-7-20(28)13-18)14-26(3,25(29)33)15-23(31)32/h5-11,13,21-22,24H,4,12,14-15H2,1-3H3,(H,31,32)/t21?,22?,24?,26-/m1/s1. The molecule has 0 bridgehead atoms. The number of hydrogen-bond acceptors (Lipinski definition) is 3. The predicted octanol–water partition coefficient (Wildman–Crippen LogP) is 6.29. The highest BCUT2D eigenvalue weighted by Crippen LogP contribution is 2.52. The van der Waals surface area contributed by atoms with Gasteiger partial charge in [-0.3, -0.25) is 14.4 Å². The Bertz CT molecular complexity index is 1040. The van der Waals surface area contributed by atoms with E-state index in [1.807, 2.05) is 37.3 Å². The number of aliphatic carboxylic acids is 1. The summed E-state index contributed by atoms with van der Waals surface area (Å²) in [4.78, 5) is 39.6. The van der Waals surface area contributed by atoms with Gasteiger partial charge >= 0.3 is 5.97 Å². The monoisotopic (exact) mass is 489 g/mol. The third kappa shape index (κ3) is 5.59. The van der Waals surface area contributed by atoms with Crippen molar-refractivity contribution in [2.24, 2.45) is 5.41 Å². The SMILES string of the molecule is CCC(CC(C)=O)N1C(=O)[C@@](C)(CC(=O)O)CC(c2cccc(Cl)c2)C1c1ccc(Cl)cc1. The Balaban J connectivity index is 2.24. The summed E-state index contributed by atoms with van der Waals surface area (Å²) in [6.07, 6.45) is 0.834. The molecular weight excluding hydrogens is 461 g/mol. The lowest BCUT2D eigenvalue weighted by Crippen LogP contribution is -2.56. The van der Waals surface area contributed by atoms with Gasteiger partial charge in [-0.1, -0.05) is 61.3 Å². The van der Waals surface area contributed by atoms with Crippen LogP contribution in [-0.4, -0.2) is 33.7 Å². The van der Waals surface area contributed by atoms with Gasteiger partial charge in [0, 0.05) is 28.4 Å². The molecular formula is C26H29Cl2NO4. The first-order chi connectivity index (χ1) is 15.6. The number of carboxylic acid groups (broad SMARTS) is 1. The van der Waals surface area contributed by atoms with Gasteiger partial charge in [0.2, 0.25) is 5.91 Å². The van der Waals surface area contributed by atoms with Gasteiger partial charge in [-0.25, -0.2) is 0 Å². The van der Waals surface area contributed by atoms with E-state index in [1.54, 1.807) is 30.0 Å². The van der Waals surface area contributed by atoms with Crippen LogP contribution < -0.4 is 0 Å². The number of rotatable bonds is 8. The van der Waals surface area contributed by atoms with Crippen LogP contribution in [0.5, 0.6) is 0 Å². The second-order valence-corrected chi connectivity index (χ2v) is 10.0. The molecule has 1 fully saturated rings. The van der Waals surface area contributed by atoms with Crippen LogP contribution in [0.4, 0.5) is 0 Å². The number of piperidine rings is 1. The molecule has 2 aromatic rings. The van der Waals surface area contributed by atoms with Crippen molar-refractivity contribution in [3.05, 3.63) is 69.7 Å². The summed E-state index contributed by atoms with van der Waals surface area (Å²) in [6.45, 7) is 5.17. The van der Waals surface area contributed by atoms with E-state index < -0.39 is 11.4 Å². The second-order valence-electron chi connectivity index (χ2n) is 9.17. The predicted molar refractivity (Wildman–Crippen MR) is 130 cm³/mol. The maximum atomic E-state index is 14.0. The lowest BCUT2D eigenvalue weighted by molar-refractivity contribution is -0.161. The number of carboxylic acids is 1. The van der Waals surface area contributed by atoms with Crippen LogP contribution in [-0.2, 0) is 14.4 Å². The Morgan fingerprint density at radius 2 is 1.79 bits per heavy atom. The van der Waals surface area contributed by atoms with Crippen molar-refractivity contribution in [3.8, 4) is 0 Å². The van der Waals surface area contributed by atoms with Gasteiger partial charge in [0.05, 0.1) is 17.9 Å². The number of Topliss-reactive ketones (excluding diaryl/α,β-unsaturated/α-hetero) is 1. The maximum absolute atomic E-state index is 14.0. The molecule has 0 spiro atoms. The molecule has 4 atom stereocenters. The van der Waals surface area contributed by atoms with Gasteiger partial charge in [0.1, 0.15) is 5.78 Å². The third-order valence-corrected chi connectivity index (χ3v) is 7.01. The van der Waals surface area contributed by atoms with Crippen LogP contribution in [0.25, 0.3) is 0 Å². The molecule has 0 aliphatic carbocycles. The van der Waals surface area contributed by atoms with E-state index in [9.17, 15) is 19.5 Å². The van der Waals surface area contributed by atoms with E-state index in [4.69, 9.17) is 23.2 Å². The average molecular weight is 490 g/mol. The zero-order chi connectivity index (χ0) is 24.3. The molecule has 1 N–H and O–H groups in total. The molecule has 1 amide bonds. The fourth-order valence-electron chi connectivity index (χ4n) is 5.05. The number of benzene rings is 2. The molecule has 0 radical (unpaired) electrons. The van der Waals surface area contributed by atoms with Crippen molar-refractivity contribution in [1.29, 1.82) is 0 Å². The number of nitrogens with zero attached hydrogens (tertiary/aromatic N) is 1. The fourth-order valence-corrected chi connectivity index (χ4v) is 5.38. The van der Waals surface area contributed by atoms with Crippen molar-refractivity contribution in [2.45, 2.75) is 64.5 Å². The van der Waals surface area contributed by atoms with Crippen LogP contribution >= 0.6 is 23.2 Å². The minimum Gasteiger partial charge on any atom is -0.481 e. The van der Waals surface area contributed by atoms with Crippen LogP contribution in [0.1, 0.15) is 69.5 Å². The average Bonchev–Trinajstić information content (AvgIpc) is 2.74. The highest BCUT2D eigenvalue weighted by Gasteiger charge is 2.52. The maximum Gasteiger partial charge on any atom is 0.304 e. The molecule has 33 heavy (non-hydrogen) atoms. The number of carbonyl (C=O) groups excluding carboxylic acids is 2. The highest BCUT2D eigenvalue weighted by atomic mass is 35.5. The summed E-state index contributed by atoms with van der Waals surface area (Å²) in [6, 6.07) is 14.1. The Labute approximate surface area is 204 Å². The lowest BCUT2D eigenvalue weighted by Gasteiger charge is -2.51. The molecule has 3 unspecified atom stereocenters. The molecule has 176 valence electrons. The van der Waals surface area contributed by atoms with Crippen LogP contribution in [0.3, 0.4) is 0 Å². The molecule has 1 saturated heterocycles. The zero-order valence-corrected chi connectivity index (χ0v) is 20.6. The van der Waals surface area contributed by atoms with E-state index in [2.05, 4.69) is 0 Å². The molecule has 3 rings (SSSR count). The molecule has 1 aliphatic rings. The molecule has 5 nitrogen and oxygen atoms in total. The first-order valence-electron chi connectivity index (χ1n) is 11.1. The number of amides is 1. The Morgan fingerprint density at radius 1 is 1.12 bits per heavy atom. The number of halogens is 2. The van der Waals surface area contributed by atoms with E-state index in [0.717, 1.165) is 11.1 Å². The van der Waals surface area contributed by atoms with Gasteiger partial charge in [-0.2, -0.15) is 0 Å². The van der Waals surface area contributed by atoms with Crippen molar-refractivity contribution in [2.75, 3.05) is 0 Å². The van der Waals surface area contributed by atoms with Crippen molar-refractivity contribution >= 4 is 40.9 Å². The van der Waals surface area contributed by atoms with E-state index >= 15 is 0 Å². The summed E-state index contributed by atoms with van der Waals surface area (Å²) < 4.78 is 0. The normalized spacial score (nSPS) is 23.9. The Kier molecular flexibility index (Phi) is 7.86. The van der Waals surface area contributed by atoms with Crippen molar-refractivity contribution in [1.82, 2.24) is 4.90 Å². The van der Waals surface area contributed by atoms with Crippen molar-refractivity contribution in [3.63, 3.8) is 0 Å². The van der Waals surface area contributed by atoms with Gasteiger partial charge in [0.15, 0.2) is 0 Å². The van der Waals surface area contributed by atoms with Crippen LogP contribution in [0.2, 0.25) is 10.0 Å². The summed E-state index contributed by atoms with van der Waals surface area (Å²) >= 11 is 12.5. The summed E-state index contributed by atoms with van der Waals surface area (Å²) in [5.74, 6) is -1.50. The van der Waals surface area contributed by atoms with Crippen molar-refractivity contribution < 1.29 is 19.5 Å². The van der Waals surface area contributed by atoms with E-state index in [0.29, 0.717) is 22.9 Å². The van der Waals surface area contributed by atoms with E-state index in [-0.39, 0.29) is 42.5 Å². The summed E-state index contributed by atoms with van der Waals surface area (Å²) in [5.41, 5.74) is 0.692. The molecule has 1 aliphatic heterocycles. The van der Waals surface area contributed by atoms with Gasteiger partial charge in [-0.15, -0.1) is 0 Å².